The van der Waals surface area contributed by atoms with Gasteiger partial charge in [0.1, 0.15) is 5.75 Å². The molecule has 29 heavy (non-hydrogen) atoms. The first-order valence-corrected chi connectivity index (χ1v) is 10.2. The molecule has 0 saturated carbocycles. The number of quaternary nitrogens is 1. The zero-order valence-electron chi connectivity index (χ0n) is 17.0. The number of methoxy groups -OCH3 is 1. The maximum absolute atomic E-state index is 12.8. The van der Waals surface area contributed by atoms with Crippen molar-refractivity contribution in [2.45, 2.75) is 13.0 Å². The summed E-state index contributed by atoms with van der Waals surface area (Å²) >= 11 is 0. The minimum absolute atomic E-state index is 0.0770. The highest BCUT2D eigenvalue weighted by atomic mass is 16.5. The van der Waals surface area contributed by atoms with Crippen molar-refractivity contribution in [2.24, 2.45) is 0 Å². The van der Waals surface area contributed by atoms with E-state index in [-0.39, 0.29) is 11.9 Å². The van der Waals surface area contributed by atoms with Crippen LogP contribution in [0.15, 0.2) is 66.7 Å². The molecule has 0 aliphatic carbocycles. The van der Waals surface area contributed by atoms with Crippen LogP contribution in [0.1, 0.15) is 6.92 Å². The second kappa shape index (κ2) is 8.53. The van der Waals surface area contributed by atoms with Gasteiger partial charge in [0.15, 0.2) is 6.04 Å². The number of nitrogens with one attached hydrogen (secondary N) is 2. The Morgan fingerprint density at radius 1 is 1.00 bits per heavy atom. The minimum atomic E-state index is -0.0838. The highest BCUT2D eigenvalue weighted by Crippen LogP contribution is 2.20. The first kappa shape index (κ1) is 19.3. The number of nitrogens with zero attached hydrogens (tertiary/aromatic N) is 1. The number of carbonyl (C=O) groups excluding carboxylic acids is 1. The predicted molar refractivity (Wildman–Crippen MR) is 118 cm³/mol. The molecule has 1 aliphatic rings. The monoisotopic (exact) mass is 390 g/mol. The number of hydrogen-bond donors (Lipinski definition) is 2. The molecule has 5 nitrogen and oxygen atoms in total. The Morgan fingerprint density at radius 2 is 1.69 bits per heavy atom. The summed E-state index contributed by atoms with van der Waals surface area (Å²) in [5.74, 6) is 0.949. The molecule has 1 amide bonds. The van der Waals surface area contributed by atoms with Crippen molar-refractivity contribution in [1.82, 2.24) is 0 Å². The quantitative estimate of drug-likeness (QED) is 0.704. The molecule has 150 valence electrons. The number of piperazine rings is 1. The lowest BCUT2D eigenvalue weighted by Gasteiger charge is -2.36. The third-order valence-corrected chi connectivity index (χ3v) is 5.87. The number of benzene rings is 3. The van der Waals surface area contributed by atoms with E-state index in [9.17, 15) is 4.79 Å². The van der Waals surface area contributed by atoms with E-state index in [1.807, 2.05) is 43.3 Å². The summed E-state index contributed by atoms with van der Waals surface area (Å²) in [6, 6.07) is 22.4. The van der Waals surface area contributed by atoms with Crippen LogP contribution in [-0.4, -0.2) is 45.2 Å². The molecule has 3 aromatic carbocycles. The lowest BCUT2D eigenvalue weighted by atomic mass is 10.1. The van der Waals surface area contributed by atoms with Crippen molar-refractivity contribution >= 4 is 28.1 Å². The van der Waals surface area contributed by atoms with E-state index in [4.69, 9.17) is 4.74 Å². The molecular weight excluding hydrogens is 362 g/mol. The molecule has 1 fully saturated rings. The normalized spacial score (nSPS) is 15.9. The minimum Gasteiger partial charge on any atom is -0.497 e. The Morgan fingerprint density at radius 3 is 2.38 bits per heavy atom. The van der Waals surface area contributed by atoms with Gasteiger partial charge in [0.05, 0.1) is 33.3 Å². The van der Waals surface area contributed by atoms with Gasteiger partial charge in [-0.25, -0.2) is 0 Å². The van der Waals surface area contributed by atoms with Crippen molar-refractivity contribution in [3.63, 3.8) is 0 Å². The Hall–Kier alpha value is -3.05. The molecule has 5 heteroatoms. The molecule has 2 N–H and O–H groups in total. The fraction of sp³-hybridized carbons (Fsp3) is 0.292. The number of hydrogen-bond acceptors (Lipinski definition) is 3. The van der Waals surface area contributed by atoms with Crippen LogP contribution < -0.4 is 19.9 Å². The first-order chi connectivity index (χ1) is 14.1. The average molecular weight is 391 g/mol. The molecule has 0 unspecified atom stereocenters. The number of amides is 1. The van der Waals surface area contributed by atoms with E-state index in [1.165, 1.54) is 16.0 Å². The molecule has 0 bridgehead atoms. The zero-order valence-corrected chi connectivity index (χ0v) is 17.0. The summed E-state index contributed by atoms with van der Waals surface area (Å²) in [7, 11) is 1.68. The topological polar surface area (TPSA) is 46.0 Å². The Kier molecular flexibility index (Phi) is 5.67. The third kappa shape index (κ3) is 4.35. The van der Waals surface area contributed by atoms with Gasteiger partial charge < -0.3 is 19.9 Å². The maximum atomic E-state index is 12.8. The van der Waals surface area contributed by atoms with Gasteiger partial charge in [0, 0.05) is 11.4 Å². The molecule has 0 aromatic heterocycles. The van der Waals surface area contributed by atoms with Crippen LogP contribution in [0.2, 0.25) is 0 Å². The lowest BCUT2D eigenvalue weighted by Crippen LogP contribution is -3.19. The zero-order chi connectivity index (χ0) is 20.2. The van der Waals surface area contributed by atoms with Gasteiger partial charge in [-0.05, 0) is 54.1 Å². The first-order valence-electron chi connectivity index (χ1n) is 10.2. The maximum Gasteiger partial charge on any atom is 0.282 e. The number of fused-ring (bicyclic) bond motifs is 1. The van der Waals surface area contributed by atoms with Crippen molar-refractivity contribution in [2.75, 3.05) is 43.5 Å². The summed E-state index contributed by atoms with van der Waals surface area (Å²) in [5, 5.41) is 5.42. The van der Waals surface area contributed by atoms with Gasteiger partial charge in [0.25, 0.3) is 5.91 Å². The van der Waals surface area contributed by atoms with Gasteiger partial charge in [-0.15, -0.1) is 0 Å². The van der Waals surface area contributed by atoms with Gasteiger partial charge in [-0.2, -0.15) is 0 Å². The largest absolute Gasteiger partial charge is 0.497 e. The molecule has 1 aliphatic heterocycles. The van der Waals surface area contributed by atoms with E-state index >= 15 is 0 Å². The van der Waals surface area contributed by atoms with Crippen LogP contribution in [0.5, 0.6) is 5.75 Å². The third-order valence-electron chi connectivity index (χ3n) is 5.87. The number of anilines is 2. The van der Waals surface area contributed by atoms with Gasteiger partial charge in [-0.1, -0.05) is 30.3 Å². The van der Waals surface area contributed by atoms with Gasteiger partial charge in [-0.3, -0.25) is 4.79 Å². The SMILES string of the molecule is COc1ccc(N2CC[NH+]([C@@H](C)C(=O)Nc3ccc4ccccc4c3)CC2)cc1. The molecular formula is C24H28N3O2+. The fourth-order valence-corrected chi connectivity index (χ4v) is 3.98. The molecule has 0 spiro atoms. The number of rotatable bonds is 5. The average Bonchev–Trinajstić information content (AvgIpc) is 2.78. The Bertz CT molecular complexity index is 979. The van der Waals surface area contributed by atoms with E-state index in [0.717, 1.165) is 43.0 Å². The van der Waals surface area contributed by atoms with Crippen LogP contribution in [0.4, 0.5) is 11.4 Å². The summed E-state index contributed by atoms with van der Waals surface area (Å²) in [5.41, 5.74) is 2.06. The lowest BCUT2D eigenvalue weighted by molar-refractivity contribution is -0.914. The van der Waals surface area contributed by atoms with E-state index in [2.05, 4.69) is 40.5 Å². The molecule has 0 radical (unpaired) electrons. The summed E-state index contributed by atoms with van der Waals surface area (Å²) in [4.78, 5) is 16.5. The van der Waals surface area contributed by atoms with Crippen LogP contribution >= 0.6 is 0 Å². The van der Waals surface area contributed by atoms with E-state index in [1.54, 1.807) is 7.11 Å². The summed E-state index contributed by atoms with van der Waals surface area (Å²) in [6.07, 6.45) is 0. The van der Waals surface area contributed by atoms with Crippen molar-refractivity contribution in [3.05, 3.63) is 66.7 Å². The highest BCUT2D eigenvalue weighted by Gasteiger charge is 2.29. The van der Waals surface area contributed by atoms with Crippen molar-refractivity contribution in [3.8, 4) is 5.75 Å². The van der Waals surface area contributed by atoms with Gasteiger partial charge in [0.2, 0.25) is 0 Å². The predicted octanol–water partition coefficient (Wildman–Crippen LogP) is 2.58. The number of carbonyl (C=O) groups is 1. The molecule has 3 aromatic rings. The Balaban J connectivity index is 1.34. The van der Waals surface area contributed by atoms with Gasteiger partial charge >= 0.3 is 0 Å². The van der Waals surface area contributed by atoms with E-state index < -0.39 is 0 Å². The second-order valence-electron chi connectivity index (χ2n) is 7.62. The fourth-order valence-electron chi connectivity index (χ4n) is 3.98. The van der Waals surface area contributed by atoms with E-state index in [0.29, 0.717) is 0 Å². The standard InChI is InChI=1S/C24H27N3O2/c1-18(24(28)25-21-8-7-19-5-3-4-6-20(19)17-21)26-13-15-27(16-14-26)22-9-11-23(29-2)12-10-22/h3-12,17-18H,13-16H2,1-2H3,(H,25,28)/p+1/t18-/m0/s1. The second-order valence-corrected chi connectivity index (χ2v) is 7.62. The number of ether oxygens (including phenoxy) is 1. The Labute approximate surface area is 171 Å². The smallest absolute Gasteiger partial charge is 0.282 e. The van der Waals surface area contributed by atoms with Crippen LogP contribution in [0, 0.1) is 0 Å². The molecule has 1 atom stereocenters. The molecule has 4 rings (SSSR count). The van der Waals surface area contributed by atoms with Crippen LogP contribution in [0.3, 0.4) is 0 Å². The summed E-state index contributed by atoms with van der Waals surface area (Å²) < 4.78 is 5.24. The van der Waals surface area contributed by atoms with Crippen molar-refractivity contribution in [1.29, 1.82) is 0 Å². The van der Waals surface area contributed by atoms with Crippen LogP contribution in [-0.2, 0) is 4.79 Å². The van der Waals surface area contributed by atoms with Crippen molar-refractivity contribution < 1.29 is 14.4 Å². The highest BCUT2D eigenvalue weighted by molar-refractivity contribution is 5.96. The summed E-state index contributed by atoms with van der Waals surface area (Å²) in [6.45, 7) is 5.79. The van der Waals surface area contributed by atoms with Crippen LogP contribution in [0.25, 0.3) is 10.8 Å². The molecule has 1 saturated heterocycles. The molecule has 1 heterocycles.